The minimum absolute atomic E-state index is 0.000647. The molecule has 0 saturated carbocycles. The van der Waals surface area contributed by atoms with Gasteiger partial charge < -0.3 is 10.1 Å². The Morgan fingerprint density at radius 2 is 1.84 bits per heavy atom. The molecule has 1 aromatic heterocycles. The zero-order chi connectivity index (χ0) is 26.2. The number of hydrogen-bond donors (Lipinski definition) is 1. The number of carbonyl (C=O) groups excluding carboxylic acids is 1. The molecule has 0 aliphatic carbocycles. The SMILES string of the molecule is C=CCOc1ccc(-c2nn(-c3ccccc3)cc2/C=C(/C#N)C(=O)NC(C)c2ccccc2)cc1C. The van der Waals surface area contributed by atoms with Crippen LogP contribution in [0.3, 0.4) is 0 Å². The first-order chi connectivity index (χ1) is 18.0. The largest absolute Gasteiger partial charge is 0.489 e. The van der Waals surface area contributed by atoms with E-state index in [1.165, 1.54) is 0 Å². The van der Waals surface area contributed by atoms with E-state index in [4.69, 9.17) is 9.84 Å². The van der Waals surface area contributed by atoms with E-state index < -0.39 is 5.91 Å². The van der Waals surface area contributed by atoms with Crippen LogP contribution in [0.5, 0.6) is 5.75 Å². The molecule has 1 atom stereocenters. The van der Waals surface area contributed by atoms with Crippen molar-refractivity contribution in [3.63, 3.8) is 0 Å². The molecule has 1 unspecified atom stereocenters. The second-order valence-electron chi connectivity index (χ2n) is 8.57. The van der Waals surface area contributed by atoms with Crippen LogP contribution in [-0.4, -0.2) is 22.3 Å². The van der Waals surface area contributed by atoms with E-state index >= 15 is 0 Å². The Bertz CT molecular complexity index is 1460. The summed E-state index contributed by atoms with van der Waals surface area (Å²) in [5.41, 5.74) is 4.92. The first-order valence-electron chi connectivity index (χ1n) is 12.0. The lowest BCUT2D eigenvalue weighted by atomic mass is 10.0. The Morgan fingerprint density at radius 3 is 2.49 bits per heavy atom. The fourth-order valence-corrected chi connectivity index (χ4v) is 3.94. The van der Waals surface area contributed by atoms with Crippen LogP contribution in [0.4, 0.5) is 0 Å². The first kappa shape index (κ1) is 25.2. The number of carbonyl (C=O) groups is 1. The van der Waals surface area contributed by atoms with Crippen LogP contribution in [0.25, 0.3) is 23.0 Å². The quantitative estimate of drug-likeness (QED) is 0.173. The molecule has 4 aromatic rings. The number of ether oxygens (including phenoxy) is 1. The molecule has 0 spiro atoms. The lowest BCUT2D eigenvalue weighted by molar-refractivity contribution is -0.117. The normalized spacial score (nSPS) is 11.9. The number of hydrogen-bond acceptors (Lipinski definition) is 4. The maximum Gasteiger partial charge on any atom is 0.262 e. The van der Waals surface area contributed by atoms with Crippen LogP contribution in [-0.2, 0) is 4.79 Å². The van der Waals surface area contributed by atoms with Gasteiger partial charge in [-0.1, -0.05) is 61.2 Å². The standard InChI is InChI=1S/C31H28N4O2/c1-4-17-37-29-16-15-25(18-22(29)2)30-27(21-35(34-30)28-13-9-6-10-14-28)19-26(20-32)31(36)33-23(3)24-11-7-5-8-12-24/h4-16,18-19,21,23H,1,17H2,2-3H3,(H,33,36)/b26-19-. The summed E-state index contributed by atoms with van der Waals surface area (Å²) in [5.74, 6) is 0.317. The molecule has 4 rings (SSSR count). The summed E-state index contributed by atoms with van der Waals surface area (Å²) in [6, 6.07) is 26.9. The Hall–Kier alpha value is -4.89. The summed E-state index contributed by atoms with van der Waals surface area (Å²) in [6.07, 6.45) is 5.12. The number of nitriles is 1. The van der Waals surface area contributed by atoms with Gasteiger partial charge in [0.15, 0.2) is 0 Å². The highest BCUT2D eigenvalue weighted by molar-refractivity contribution is 6.02. The van der Waals surface area contributed by atoms with Crippen LogP contribution >= 0.6 is 0 Å². The third-order valence-electron chi connectivity index (χ3n) is 5.88. The molecule has 1 heterocycles. The second-order valence-corrected chi connectivity index (χ2v) is 8.57. The van der Waals surface area contributed by atoms with Crippen LogP contribution in [0.2, 0.25) is 0 Å². The van der Waals surface area contributed by atoms with Gasteiger partial charge in [0.1, 0.15) is 29.7 Å². The van der Waals surface area contributed by atoms with Gasteiger partial charge in [-0.15, -0.1) is 0 Å². The monoisotopic (exact) mass is 488 g/mol. The maximum absolute atomic E-state index is 13.0. The lowest BCUT2D eigenvalue weighted by Crippen LogP contribution is -2.27. The van der Waals surface area contributed by atoms with Crippen LogP contribution in [0.15, 0.2) is 103 Å². The minimum atomic E-state index is -0.443. The summed E-state index contributed by atoms with van der Waals surface area (Å²) >= 11 is 0. The first-order valence-corrected chi connectivity index (χ1v) is 12.0. The Labute approximate surface area is 217 Å². The number of nitrogens with zero attached hydrogens (tertiary/aromatic N) is 3. The van der Waals surface area contributed by atoms with Crippen LogP contribution < -0.4 is 10.1 Å². The summed E-state index contributed by atoms with van der Waals surface area (Å²) in [5, 5.41) is 17.6. The highest BCUT2D eigenvalue weighted by atomic mass is 16.5. The van der Waals surface area contributed by atoms with Crippen molar-refractivity contribution >= 4 is 12.0 Å². The molecule has 0 radical (unpaired) electrons. The molecular formula is C31H28N4O2. The van der Waals surface area contributed by atoms with Crippen molar-refractivity contribution in [3.05, 3.63) is 120 Å². The fraction of sp³-hybridized carbons (Fsp3) is 0.129. The maximum atomic E-state index is 13.0. The van der Waals surface area contributed by atoms with Gasteiger partial charge in [0.05, 0.1) is 11.7 Å². The molecule has 0 aliphatic heterocycles. The smallest absolute Gasteiger partial charge is 0.262 e. The summed E-state index contributed by atoms with van der Waals surface area (Å²) in [6.45, 7) is 7.96. The summed E-state index contributed by atoms with van der Waals surface area (Å²) in [7, 11) is 0. The molecule has 3 aromatic carbocycles. The van der Waals surface area contributed by atoms with E-state index in [0.29, 0.717) is 17.9 Å². The van der Waals surface area contributed by atoms with E-state index in [-0.39, 0.29) is 11.6 Å². The van der Waals surface area contributed by atoms with Crippen molar-refractivity contribution in [2.24, 2.45) is 0 Å². The Kier molecular flexibility index (Phi) is 7.97. The molecule has 6 heteroatoms. The van der Waals surface area contributed by atoms with E-state index in [0.717, 1.165) is 28.1 Å². The molecule has 0 fully saturated rings. The molecule has 0 saturated heterocycles. The highest BCUT2D eigenvalue weighted by Crippen LogP contribution is 2.30. The number of nitrogens with one attached hydrogen (secondary N) is 1. The van der Waals surface area contributed by atoms with Gasteiger partial charge in [0, 0.05) is 17.3 Å². The molecule has 6 nitrogen and oxygen atoms in total. The predicted molar refractivity (Wildman–Crippen MR) is 146 cm³/mol. The van der Waals surface area contributed by atoms with Crippen molar-refractivity contribution in [3.8, 4) is 28.8 Å². The van der Waals surface area contributed by atoms with Gasteiger partial charge in [0.2, 0.25) is 0 Å². The number of rotatable bonds is 9. The molecule has 37 heavy (non-hydrogen) atoms. The van der Waals surface area contributed by atoms with Crippen molar-refractivity contribution in [1.29, 1.82) is 5.26 Å². The van der Waals surface area contributed by atoms with Crippen molar-refractivity contribution in [2.45, 2.75) is 19.9 Å². The zero-order valence-electron chi connectivity index (χ0n) is 20.9. The van der Waals surface area contributed by atoms with Crippen LogP contribution in [0, 0.1) is 18.3 Å². The average Bonchev–Trinajstić information content (AvgIpc) is 3.35. The number of amides is 1. The Morgan fingerprint density at radius 1 is 1.14 bits per heavy atom. The molecule has 1 amide bonds. The van der Waals surface area contributed by atoms with Gasteiger partial charge >= 0.3 is 0 Å². The zero-order valence-corrected chi connectivity index (χ0v) is 20.9. The number of aryl methyl sites for hydroxylation is 1. The summed E-state index contributed by atoms with van der Waals surface area (Å²) < 4.78 is 7.46. The van der Waals surface area contributed by atoms with E-state index in [2.05, 4.69) is 18.0 Å². The van der Waals surface area contributed by atoms with E-state index in [1.54, 1.807) is 16.8 Å². The molecular weight excluding hydrogens is 460 g/mol. The predicted octanol–water partition coefficient (Wildman–Crippen LogP) is 6.20. The van der Waals surface area contributed by atoms with Crippen LogP contribution in [0.1, 0.15) is 29.7 Å². The van der Waals surface area contributed by atoms with Crippen molar-refractivity contribution in [1.82, 2.24) is 15.1 Å². The fourth-order valence-electron chi connectivity index (χ4n) is 3.94. The van der Waals surface area contributed by atoms with Gasteiger partial charge in [0.25, 0.3) is 5.91 Å². The number of benzene rings is 3. The summed E-state index contributed by atoms with van der Waals surface area (Å²) in [4.78, 5) is 13.0. The molecule has 1 N–H and O–H groups in total. The van der Waals surface area contributed by atoms with E-state index in [1.807, 2.05) is 98.9 Å². The molecule has 0 bridgehead atoms. The molecule has 184 valence electrons. The van der Waals surface area contributed by atoms with Crippen molar-refractivity contribution in [2.75, 3.05) is 6.61 Å². The minimum Gasteiger partial charge on any atom is -0.489 e. The third kappa shape index (κ3) is 6.03. The number of aromatic nitrogens is 2. The second kappa shape index (κ2) is 11.7. The highest BCUT2D eigenvalue weighted by Gasteiger charge is 2.18. The Balaban J connectivity index is 1.72. The average molecular weight is 489 g/mol. The van der Waals surface area contributed by atoms with E-state index in [9.17, 15) is 10.1 Å². The number of para-hydroxylation sites is 1. The van der Waals surface area contributed by atoms with Gasteiger partial charge in [-0.2, -0.15) is 10.4 Å². The van der Waals surface area contributed by atoms with Gasteiger partial charge in [-0.25, -0.2) is 4.68 Å². The molecule has 0 aliphatic rings. The lowest BCUT2D eigenvalue weighted by Gasteiger charge is -2.13. The third-order valence-corrected chi connectivity index (χ3v) is 5.88. The topological polar surface area (TPSA) is 79.9 Å². The van der Waals surface area contributed by atoms with Crippen molar-refractivity contribution < 1.29 is 9.53 Å². The van der Waals surface area contributed by atoms with Gasteiger partial charge in [-0.3, -0.25) is 4.79 Å². The van der Waals surface area contributed by atoms with Gasteiger partial charge in [-0.05, 0) is 61.4 Å².